The Labute approximate surface area is 124 Å². The van der Waals surface area contributed by atoms with Gasteiger partial charge in [-0.05, 0) is 32.1 Å². The van der Waals surface area contributed by atoms with Gasteiger partial charge in [0.05, 0.1) is 0 Å². The van der Waals surface area contributed by atoms with Crippen LogP contribution in [0.2, 0.25) is 0 Å². The number of ether oxygens (including phenoxy) is 2. The fraction of sp³-hybridized carbons (Fsp3) is 0.647. The van der Waals surface area contributed by atoms with Crippen molar-refractivity contribution < 1.29 is 19.1 Å². The molecule has 0 amide bonds. The molecule has 0 spiro atoms. The molecule has 1 aliphatic heterocycles. The molecule has 4 rings (SSSR count). The van der Waals surface area contributed by atoms with Crippen LogP contribution in [0, 0.1) is 23.7 Å². The molecule has 4 nitrogen and oxygen atoms in total. The van der Waals surface area contributed by atoms with Gasteiger partial charge in [-0.1, -0.05) is 18.2 Å². The lowest BCUT2D eigenvalue weighted by Gasteiger charge is -2.42. The van der Waals surface area contributed by atoms with Crippen molar-refractivity contribution in [2.24, 2.45) is 23.7 Å². The van der Waals surface area contributed by atoms with Crippen LogP contribution in [-0.4, -0.2) is 29.1 Å². The number of Topliss-reactive ketones (excluding diaryl/α,β-unsaturated/α-hetero) is 2. The molecule has 0 aromatic carbocycles. The predicted molar refractivity (Wildman–Crippen MR) is 75.3 cm³/mol. The maximum atomic E-state index is 13.2. The van der Waals surface area contributed by atoms with Gasteiger partial charge in [-0.25, -0.2) is 0 Å². The summed E-state index contributed by atoms with van der Waals surface area (Å²) in [6.45, 7) is 7.26. The van der Waals surface area contributed by atoms with Gasteiger partial charge < -0.3 is 9.47 Å². The van der Waals surface area contributed by atoms with E-state index in [-0.39, 0.29) is 35.2 Å². The highest BCUT2D eigenvalue weighted by Gasteiger charge is 2.70. The minimum atomic E-state index is -1.16. The summed E-state index contributed by atoms with van der Waals surface area (Å²) in [5, 5.41) is 0. The Bertz CT molecular complexity index is 575. The minimum absolute atomic E-state index is 0.0411. The summed E-state index contributed by atoms with van der Waals surface area (Å²) in [5.41, 5.74) is -1.16. The second-order valence-electron chi connectivity index (χ2n) is 7.15. The van der Waals surface area contributed by atoms with Crippen LogP contribution in [0.25, 0.3) is 0 Å². The molecule has 3 fully saturated rings. The van der Waals surface area contributed by atoms with Crippen LogP contribution in [0.1, 0.15) is 26.7 Å². The van der Waals surface area contributed by atoms with Crippen molar-refractivity contribution in [3.05, 3.63) is 24.8 Å². The summed E-state index contributed by atoms with van der Waals surface area (Å²) >= 11 is 0. The van der Waals surface area contributed by atoms with Gasteiger partial charge in [-0.2, -0.15) is 0 Å². The minimum Gasteiger partial charge on any atom is -0.336 e. The van der Waals surface area contributed by atoms with Crippen LogP contribution in [0.5, 0.6) is 0 Å². The van der Waals surface area contributed by atoms with Crippen LogP contribution >= 0.6 is 0 Å². The molecule has 2 saturated carbocycles. The highest BCUT2D eigenvalue weighted by molar-refractivity contribution is 6.07. The zero-order valence-electron chi connectivity index (χ0n) is 12.4. The van der Waals surface area contributed by atoms with E-state index < -0.39 is 17.5 Å². The Morgan fingerprint density at radius 3 is 2.62 bits per heavy atom. The van der Waals surface area contributed by atoms with Crippen molar-refractivity contribution in [1.29, 1.82) is 0 Å². The number of fused-ring (bicyclic) bond motifs is 6. The van der Waals surface area contributed by atoms with Crippen molar-refractivity contribution >= 4 is 11.6 Å². The number of hydrogen-bond donors (Lipinski definition) is 0. The van der Waals surface area contributed by atoms with E-state index in [0.717, 1.165) is 6.42 Å². The second-order valence-corrected chi connectivity index (χ2v) is 7.15. The maximum absolute atomic E-state index is 13.2. The largest absolute Gasteiger partial charge is 0.336 e. The van der Waals surface area contributed by atoms with Gasteiger partial charge in [-0.15, -0.1) is 6.58 Å². The molecule has 1 saturated heterocycles. The molecule has 4 aliphatic rings. The number of allylic oxidation sites excluding steroid dienone is 2. The Morgan fingerprint density at radius 2 is 1.95 bits per heavy atom. The van der Waals surface area contributed by atoms with Crippen LogP contribution in [-0.2, 0) is 19.1 Å². The van der Waals surface area contributed by atoms with E-state index in [1.54, 1.807) is 19.9 Å². The lowest BCUT2D eigenvalue weighted by Crippen LogP contribution is -2.62. The van der Waals surface area contributed by atoms with Gasteiger partial charge >= 0.3 is 0 Å². The van der Waals surface area contributed by atoms with Gasteiger partial charge in [0.25, 0.3) is 0 Å². The highest BCUT2D eigenvalue weighted by atomic mass is 16.8. The first-order valence-electron chi connectivity index (χ1n) is 7.65. The lowest BCUT2D eigenvalue weighted by atomic mass is 9.63. The van der Waals surface area contributed by atoms with E-state index in [0.29, 0.717) is 6.42 Å². The van der Waals surface area contributed by atoms with Crippen molar-refractivity contribution in [2.75, 3.05) is 0 Å². The maximum Gasteiger partial charge on any atom is 0.172 e. The van der Waals surface area contributed by atoms with Crippen LogP contribution in [0.3, 0.4) is 0 Å². The number of rotatable bonds is 2. The fourth-order valence-electron chi connectivity index (χ4n) is 4.85. The zero-order valence-corrected chi connectivity index (χ0v) is 12.4. The Kier molecular flexibility index (Phi) is 2.51. The van der Waals surface area contributed by atoms with Crippen LogP contribution < -0.4 is 0 Å². The Hall–Kier alpha value is -1.26. The van der Waals surface area contributed by atoms with Crippen molar-refractivity contribution in [3.63, 3.8) is 0 Å². The van der Waals surface area contributed by atoms with Crippen molar-refractivity contribution in [3.8, 4) is 0 Å². The van der Waals surface area contributed by atoms with E-state index in [4.69, 9.17) is 9.47 Å². The van der Waals surface area contributed by atoms with Crippen LogP contribution in [0.15, 0.2) is 24.8 Å². The first-order valence-corrected chi connectivity index (χ1v) is 7.65. The molecule has 0 N–H and O–H groups in total. The molecule has 0 aromatic heterocycles. The van der Waals surface area contributed by atoms with Crippen LogP contribution in [0.4, 0.5) is 0 Å². The summed E-state index contributed by atoms with van der Waals surface area (Å²) < 4.78 is 11.8. The van der Waals surface area contributed by atoms with Gasteiger partial charge in [0.1, 0.15) is 0 Å². The number of carbonyl (C=O) groups is 2. The molecule has 0 aromatic rings. The van der Waals surface area contributed by atoms with Gasteiger partial charge in [0, 0.05) is 18.3 Å². The predicted octanol–water partition coefficient (Wildman–Crippen LogP) is 2.04. The topological polar surface area (TPSA) is 52.6 Å². The quantitative estimate of drug-likeness (QED) is 0.730. The van der Waals surface area contributed by atoms with Gasteiger partial charge in [-0.3, -0.25) is 9.59 Å². The molecule has 21 heavy (non-hydrogen) atoms. The van der Waals surface area contributed by atoms with E-state index in [2.05, 4.69) is 18.7 Å². The van der Waals surface area contributed by atoms with Gasteiger partial charge in [0.2, 0.25) is 0 Å². The normalized spacial score (nSPS) is 49.3. The number of hydrogen-bond acceptors (Lipinski definition) is 4. The molecule has 0 unspecified atom stereocenters. The molecule has 4 heteroatoms. The standard InChI is InChI=1S/C17H20O4/c1-4-7-17-14(19)12-10-6-5-9(8-10)11(12)13(18)15(17)20-16(2,3)21-17/h4-6,9-12,15H,1,7-8H2,2-3H3/t9-,10+,11-,12+,15+,17-/m1/s1. The number of ketones is 2. The molecule has 0 radical (unpaired) electrons. The van der Waals surface area contributed by atoms with E-state index >= 15 is 0 Å². The molecular formula is C17H20O4. The lowest BCUT2D eigenvalue weighted by molar-refractivity contribution is -0.174. The average Bonchev–Trinajstić information content (AvgIpc) is 3.07. The monoisotopic (exact) mass is 288 g/mol. The first kappa shape index (κ1) is 13.4. The molecule has 3 aliphatic carbocycles. The zero-order chi connectivity index (χ0) is 15.0. The third-order valence-electron chi connectivity index (χ3n) is 5.47. The highest BCUT2D eigenvalue weighted by Crippen LogP contribution is 2.57. The summed E-state index contributed by atoms with van der Waals surface area (Å²) in [6.07, 6.45) is 6.31. The van der Waals surface area contributed by atoms with Gasteiger partial charge in [0.15, 0.2) is 29.1 Å². The summed E-state index contributed by atoms with van der Waals surface area (Å²) in [4.78, 5) is 26.2. The van der Waals surface area contributed by atoms with Crippen molar-refractivity contribution in [1.82, 2.24) is 0 Å². The second kappa shape index (κ2) is 3.93. The molecule has 2 bridgehead atoms. The van der Waals surface area contributed by atoms with E-state index in [1.165, 1.54) is 0 Å². The smallest absolute Gasteiger partial charge is 0.172 e. The average molecular weight is 288 g/mol. The summed E-state index contributed by atoms with van der Waals surface area (Å²) in [6, 6.07) is 0. The Morgan fingerprint density at radius 1 is 1.29 bits per heavy atom. The fourth-order valence-corrected chi connectivity index (χ4v) is 4.85. The van der Waals surface area contributed by atoms with E-state index in [9.17, 15) is 9.59 Å². The SMILES string of the molecule is C=CC[C@]12OC(C)(C)O[C@H]1C(=O)[C@H]1[C@@H](C2=O)[C@H]2C=C[C@@H]1C2. The summed E-state index contributed by atoms with van der Waals surface area (Å²) in [7, 11) is 0. The Balaban J connectivity index is 1.83. The molecule has 6 atom stereocenters. The number of carbonyl (C=O) groups excluding carboxylic acids is 2. The molecular weight excluding hydrogens is 268 g/mol. The third kappa shape index (κ3) is 1.52. The van der Waals surface area contributed by atoms with Crippen molar-refractivity contribution in [2.45, 2.75) is 44.2 Å². The molecule has 112 valence electrons. The first-order chi connectivity index (χ1) is 9.89. The van der Waals surface area contributed by atoms with E-state index in [1.807, 2.05) is 0 Å². The molecule has 1 heterocycles. The summed E-state index contributed by atoms with van der Waals surface area (Å²) in [5.74, 6) is -0.890. The third-order valence-corrected chi connectivity index (χ3v) is 5.47.